The summed E-state index contributed by atoms with van der Waals surface area (Å²) in [5.74, 6) is 0.679. The van der Waals surface area contributed by atoms with Gasteiger partial charge in [-0.25, -0.2) is 4.98 Å². The number of carbonyl (C=O) groups is 1. The minimum atomic E-state index is -0.518. The zero-order valence-corrected chi connectivity index (χ0v) is 12.3. The van der Waals surface area contributed by atoms with Crippen molar-refractivity contribution in [2.75, 3.05) is 0 Å². The Balaban J connectivity index is 2.54. The second-order valence-electron chi connectivity index (χ2n) is 4.22. The molecule has 96 valence electrons. The lowest BCUT2D eigenvalue weighted by Crippen LogP contribution is -2.11. The molecule has 1 atom stereocenters. The van der Waals surface area contributed by atoms with Crippen LogP contribution in [0.3, 0.4) is 0 Å². The quantitative estimate of drug-likeness (QED) is 0.642. The van der Waals surface area contributed by atoms with Crippen LogP contribution in [0.15, 0.2) is 6.07 Å². The maximum absolute atomic E-state index is 12.0. The number of Topliss-reactive ketones (excluding diaryl/α,β-unsaturated/α-hetero) is 1. The van der Waals surface area contributed by atoms with Crippen LogP contribution in [0, 0.1) is 20.8 Å². The number of halogens is 1. The van der Waals surface area contributed by atoms with Gasteiger partial charge in [0.15, 0.2) is 5.78 Å². The van der Waals surface area contributed by atoms with Crippen LogP contribution in [0.2, 0.25) is 0 Å². The summed E-state index contributed by atoms with van der Waals surface area (Å²) >= 11 is 7.18. The summed E-state index contributed by atoms with van der Waals surface area (Å²) in [5, 5.41) is 0.263. The molecular formula is C12H14ClN3OS. The molecule has 0 amide bonds. The number of aryl methyl sites for hydroxylation is 2. The van der Waals surface area contributed by atoms with Crippen molar-refractivity contribution in [3.8, 4) is 5.13 Å². The summed E-state index contributed by atoms with van der Waals surface area (Å²) in [6, 6.07) is 1.85. The summed E-state index contributed by atoms with van der Waals surface area (Å²) in [6.07, 6.45) is 0. The molecule has 2 aromatic heterocycles. The Morgan fingerprint density at radius 2 is 2.11 bits per heavy atom. The summed E-state index contributed by atoms with van der Waals surface area (Å²) in [6.45, 7) is 7.38. The topological polar surface area (TPSA) is 47.8 Å². The molecule has 0 saturated heterocycles. The zero-order chi connectivity index (χ0) is 13.4. The number of hydrogen-bond acceptors (Lipinski definition) is 4. The van der Waals surface area contributed by atoms with Crippen molar-refractivity contribution in [3.63, 3.8) is 0 Å². The van der Waals surface area contributed by atoms with Gasteiger partial charge in [0.2, 0.25) is 5.13 Å². The van der Waals surface area contributed by atoms with Gasteiger partial charge in [0.05, 0.1) is 5.38 Å². The first-order valence-electron chi connectivity index (χ1n) is 5.59. The SMILES string of the molecule is Cc1nsc(-n2c(C)cc(C(=O)C(C)Cl)c2C)n1. The Hall–Kier alpha value is -1.20. The van der Waals surface area contributed by atoms with E-state index in [4.69, 9.17) is 11.6 Å². The van der Waals surface area contributed by atoms with Crippen LogP contribution in [0.4, 0.5) is 0 Å². The zero-order valence-electron chi connectivity index (χ0n) is 10.7. The third-order valence-electron chi connectivity index (χ3n) is 2.77. The van der Waals surface area contributed by atoms with E-state index in [1.54, 1.807) is 6.92 Å². The minimum Gasteiger partial charge on any atom is -0.293 e. The molecule has 6 heteroatoms. The van der Waals surface area contributed by atoms with Crippen LogP contribution >= 0.6 is 23.1 Å². The maximum atomic E-state index is 12.0. The Morgan fingerprint density at radius 3 is 2.61 bits per heavy atom. The van der Waals surface area contributed by atoms with Crippen molar-refractivity contribution in [1.29, 1.82) is 0 Å². The third-order valence-corrected chi connectivity index (χ3v) is 3.76. The van der Waals surface area contributed by atoms with E-state index in [9.17, 15) is 4.79 Å². The van der Waals surface area contributed by atoms with Crippen LogP contribution in [-0.2, 0) is 0 Å². The molecule has 2 rings (SSSR count). The normalized spacial score (nSPS) is 12.7. The highest BCUT2D eigenvalue weighted by molar-refractivity contribution is 7.08. The van der Waals surface area contributed by atoms with Crippen molar-refractivity contribution < 1.29 is 4.79 Å². The monoisotopic (exact) mass is 283 g/mol. The van der Waals surface area contributed by atoms with Crippen LogP contribution in [0.1, 0.15) is 34.5 Å². The Kier molecular flexibility index (Phi) is 3.54. The van der Waals surface area contributed by atoms with E-state index in [0.29, 0.717) is 5.56 Å². The average molecular weight is 284 g/mol. The molecule has 1 unspecified atom stereocenters. The van der Waals surface area contributed by atoms with Crippen LogP contribution in [0.5, 0.6) is 0 Å². The van der Waals surface area contributed by atoms with E-state index in [1.165, 1.54) is 11.5 Å². The smallest absolute Gasteiger partial charge is 0.213 e. The maximum Gasteiger partial charge on any atom is 0.213 e. The van der Waals surface area contributed by atoms with Gasteiger partial charge >= 0.3 is 0 Å². The van der Waals surface area contributed by atoms with Crippen molar-refractivity contribution in [3.05, 3.63) is 28.8 Å². The lowest BCUT2D eigenvalue weighted by Gasteiger charge is -2.05. The fraction of sp³-hybridized carbons (Fsp3) is 0.417. The highest BCUT2D eigenvalue weighted by atomic mass is 35.5. The minimum absolute atomic E-state index is 0.0581. The van der Waals surface area contributed by atoms with Gasteiger partial charge in [-0.15, -0.1) is 11.6 Å². The van der Waals surface area contributed by atoms with Crippen molar-refractivity contribution in [2.45, 2.75) is 33.1 Å². The predicted molar refractivity (Wildman–Crippen MR) is 73.1 cm³/mol. The summed E-state index contributed by atoms with van der Waals surface area (Å²) < 4.78 is 6.10. The number of carbonyl (C=O) groups excluding carboxylic acids is 1. The van der Waals surface area contributed by atoms with Crippen LogP contribution < -0.4 is 0 Å². The number of nitrogens with zero attached hydrogens (tertiary/aromatic N) is 3. The summed E-state index contributed by atoms with van der Waals surface area (Å²) in [7, 11) is 0. The van der Waals surface area contributed by atoms with Gasteiger partial charge in [-0.05, 0) is 33.8 Å². The van der Waals surface area contributed by atoms with E-state index < -0.39 is 5.38 Å². The van der Waals surface area contributed by atoms with E-state index in [1.807, 2.05) is 31.4 Å². The first-order valence-corrected chi connectivity index (χ1v) is 6.80. The molecule has 18 heavy (non-hydrogen) atoms. The second kappa shape index (κ2) is 4.82. The molecule has 0 aliphatic rings. The highest BCUT2D eigenvalue weighted by Crippen LogP contribution is 2.23. The highest BCUT2D eigenvalue weighted by Gasteiger charge is 2.21. The van der Waals surface area contributed by atoms with Gasteiger partial charge in [-0.1, -0.05) is 0 Å². The van der Waals surface area contributed by atoms with Crippen LogP contribution in [0.25, 0.3) is 5.13 Å². The number of ketones is 1. The van der Waals surface area contributed by atoms with E-state index in [2.05, 4.69) is 9.36 Å². The first-order chi connectivity index (χ1) is 8.41. The molecule has 0 aliphatic heterocycles. The molecular weight excluding hydrogens is 270 g/mol. The molecule has 0 spiro atoms. The van der Waals surface area contributed by atoms with Gasteiger partial charge in [0.25, 0.3) is 0 Å². The standard InChI is InChI=1S/C12H14ClN3OS/c1-6-5-10(11(17)7(2)13)8(3)16(6)12-14-9(4)15-18-12/h5,7H,1-4H3. The molecule has 0 N–H and O–H groups in total. The van der Waals surface area contributed by atoms with Crippen LogP contribution in [-0.4, -0.2) is 25.1 Å². The van der Waals surface area contributed by atoms with E-state index >= 15 is 0 Å². The second-order valence-corrected chi connectivity index (χ2v) is 5.61. The fourth-order valence-electron chi connectivity index (χ4n) is 1.90. The Labute approximate surface area is 115 Å². The molecule has 4 nitrogen and oxygen atoms in total. The molecule has 0 bridgehead atoms. The van der Waals surface area contributed by atoms with E-state index in [-0.39, 0.29) is 5.78 Å². The van der Waals surface area contributed by atoms with E-state index in [0.717, 1.165) is 22.3 Å². The fourth-order valence-corrected chi connectivity index (χ4v) is 2.81. The molecule has 0 saturated carbocycles. The Bertz CT molecular complexity index is 600. The molecule has 0 fully saturated rings. The molecule has 2 aromatic rings. The molecule has 0 aromatic carbocycles. The van der Waals surface area contributed by atoms with Crippen molar-refractivity contribution in [1.82, 2.24) is 13.9 Å². The van der Waals surface area contributed by atoms with Gasteiger partial charge < -0.3 is 0 Å². The summed E-state index contributed by atoms with van der Waals surface area (Å²) in [5.41, 5.74) is 2.48. The number of aromatic nitrogens is 3. The van der Waals surface area contributed by atoms with Gasteiger partial charge in [0.1, 0.15) is 5.82 Å². The van der Waals surface area contributed by atoms with Crippen molar-refractivity contribution >= 4 is 28.9 Å². The number of rotatable bonds is 3. The Morgan fingerprint density at radius 1 is 1.44 bits per heavy atom. The largest absolute Gasteiger partial charge is 0.293 e. The van der Waals surface area contributed by atoms with Gasteiger partial charge in [-0.2, -0.15) is 4.37 Å². The number of alkyl halides is 1. The van der Waals surface area contributed by atoms with Gasteiger partial charge in [0, 0.05) is 28.5 Å². The lowest BCUT2D eigenvalue weighted by molar-refractivity contribution is 0.0991. The van der Waals surface area contributed by atoms with Gasteiger partial charge in [-0.3, -0.25) is 9.36 Å². The van der Waals surface area contributed by atoms with Crippen molar-refractivity contribution in [2.24, 2.45) is 0 Å². The third kappa shape index (κ3) is 2.20. The average Bonchev–Trinajstić information content (AvgIpc) is 2.82. The molecule has 0 radical (unpaired) electrons. The molecule has 0 aliphatic carbocycles. The summed E-state index contributed by atoms with van der Waals surface area (Å²) in [4.78, 5) is 16.3. The predicted octanol–water partition coefficient (Wildman–Crippen LogP) is 3.06. The first kappa shape index (κ1) is 13.2. The lowest BCUT2D eigenvalue weighted by atomic mass is 10.1. The molecule has 2 heterocycles. The number of hydrogen-bond donors (Lipinski definition) is 0.